The number of aromatic nitrogens is 2. The van der Waals surface area contributed by atoms with Gasteiger partial charge in [-0.05, 0) is 25.1 Å². The summed E-state index contributed by atoms with van der Waals surface area (Å²) in [5, 5.41) is 9.28. The maximum Gasteiger partial charge on any atom is 0.269 e. The number of primary amides is 1. The number of fused-ring (bicyclic) bond motifs is 3. The molecule has 7 nitrogen and oxygen atoms in total. The number of nitrogens with zero attached hydrogens (tertiary/aromatic N) is 2. The summed E-state index contributed by atoms with van der Waals surface area (Å²) in [4.78, 5) is 27.2. The molecule has 0 spiro atoms. The highest BCUT2D eigenvalue weighted by Gasteiger charge is 2.25. The Balaban J connectivity index is 2.20. The number of ether oxygens (including phenoxy) is 1. The van der Waals surface area contributed by atoms with Gasteiger partial charge in [-0.15, -0.1) is 0 Å². The topological polar surface area (TPSA) is 107 Å². The van der Waals surface area contributed by atoms with Crippen LogP contribution in [-0.2, 0) is 6.54 Å². The third-order valence-corrected chi connectivity index (χ3v) is 3.57. The number of carbonyl (C=O) groups excluding carboxylic acids is 2. The second-order valence-electron chi connectivity index (χ2n) is 5.31. The summed E-state index contributed by atoms with van der Waals surface area (Å²) in [7, 11) is 0. The highest BCUT2D eigenvalue weighted by atomic mass is 16.5. The number of aliphatic hydroxyl groups excluding tert-OH is 1. The lowest BCUT2D eigenvalue weighted by atomic mass is 10.1. The number of aliphatic hydroxyl groups is 1. The van der Waals surface area contributed by atoms with Crippen molar-refractivity contribution < 1.29 is 19.4 Å². The van der Waals surface area contributed by atoms with Gasteiger partial charge in [-0.2, -0.15) is 0 Å². The Morgan fingerprint density at radius 2 is 2.33 bits per heavy atom. The molecule has 0 bridgehead atoms. The molecule has 0 saturated carbocycles. The van der Waals surface area contributed by atoms with Crippen LogP contribution in [0.15, 0.2) is 18.2 Å². The zero-order chi connectivity index (χ0) is 17.3. The van der Waals surface area contributed by atoms with Gasteiger partial charge in [0.15, 0.2) is 12.0 Å². The molecule has 1 atom stereocenters. The molecular weight excluding hydrogens is 310 g/mol. The number of hydrogen-bond acceptors (Lipinski definition) is 5. The first-order valence-corrected chi connectivity index (χ1v) is 7.33. The lowest BCUT2D eigenvalue weighted by Gasteiger charge is -2.06. The van der Waals surface area contributed by atoms with Crippen molar-refractivity contribution in [3.8, 4) is 29.0 Å². The van der Waals surface area contributed by atoms with Crippen molar-refractivity contribution in [2.24, 2.45) is 5.73 Å². The number of imidazole rings is 1. The Kier molecular flexibility index (Phi) is 4.06. The molecule has 122 valence electrons. The average Bonchev–Trinajstić information content (AvgIpc) is 2.83. The van der Waals surface area contributed by atoms with Crippen LogP contribution in [0.2, 0.25) is 0 Å². The number of benzene rings is 1. The minimum Gasteiger partial charge on any atom is -0.491 e. The quantitative estimate of drug-likeness (QED) is 0.620. The van der Waals surface area contributed by atoms with Crippen LogP contribution in [0.1, 0.15) is 33.5 Å². The van der Waals surface area contributed by atoms with E-state index < -0.39 is 12.0 Å². The Morgan fingerprint density at radius 3 is 3.00 bits per heavy atom. The van der Waals surface area contributed by atoms with Crippen molar-refractivity contribution in [2.75, 3.05) is 6.61 Å². The van der Waals surface area contributed by atoms with Crippen LogP contribution in [0.3, 0.4) is 0 Å². The summed E-state index contributed by atoms with van der Waals surface area (Å²) in [6, 6.07) is 5.26. The third kappa shape index (κ3) is 2.75. The van der Waals surface area contributed by atoms with Crippen LogP contribution < -0.4 is 10.5 Å². The largest absolute Gasteiger partial charge is 0.491 e. The maximum absolute atomic E-state index is 11.5. The first-order valence-electron chi connectivity index (χ1n) is 7.33. The molecule has 1 unspecified atom stereocenters. The van der Waals surface area contributed by atoms with E-state index in [9.17, 15) is 14.7 Å². The van der Waals surface area contributed by atoms with Crippen molar-refractivity contribution in [3.05, 3.63) is 35.2 Å². The molecule has 1 aliphatic rings. The van der Waals surface area contributed by atoms with Crippen LogP contribution in [-0.4, -0.2) is 39.6 Å². The molecular formula is C17H15N3O4. The standard InChI is InChI=1S/C17H15N3O4/c1-10(22)2-3-11-4-5-14-12(8-11)17-19-15(16(18)23)13(9-21)20(17)6-7-24-14/h4-5,8-10,22H,6-7H2,1H3,(H2,18,23). The van der Waals surface area contributed by atoms with E-state index >= 15 is 0 Å². The second-order valence-corrected chi connectivity index (χ2v) is 5.31. The van der Waals surface area contributed by atoms with E-state index in [1.54, 1.807) is 29.7 Å². The smallest absolute Gasteiger partial charge is 0.269 e. The van der Waals surface area contributed by atoms with Gasteiger partial charge in [0.05, 0.1) is 12.1 Å². The van der Waals surface area contributed by atoms with Crippen LogP contribution in [0.5, 0.6) is 5.75 Å². The van der Waals surface area contributed by atoms with E-state index in [1.165, 1.54) is 0 Å². The van der Waals surface area contributed by atoms with Gasteiger partial charge in [0.1, 0.15) is 30.0 Å². The van der Waals surface area contributed by atoms with Gasteiger partial charge in [0.2, 0.25) is 0 Å². The van der Waals surface area contributed by atoms with Crippen molar-refractivity contribution in [3.63, 3.8) is 0 Å². The fraction of sp³-hybridized carbons (Fsp3) is 0.235. The summed E-state index contributed by atoms with van der Waals surface area (Å²) in [5.41, 5.74) is 6.66. The fourth-order valence-corrected chi connectivity index (χ4v) is 2.54. The van der Waals surface area contributed by atoms with Gasteiger partial charge in [-0.25, -0.2) is 4.98 Å². The van der Waals surface area contributed by atoms with Crippen LogP contribution in [0.25, 0.3) is 11.4 Å². The van der Waals surface area contributed by atoms with E-state index in [2.05, 4.69) is 16.8 Å². The Bertz CT molecular complexity index is 887. The molecule has 3 N–H and O–H groups in total. The van der Waals surface area contributed by atoms with Gasteiger partial charge in [-0.1, -0.05) is 11.8 Å². The zero-order valence-corrected chi connectivity index (χ0v) is 12.9. The maximum atomic E-state index is 11.5. The molecule has 2 heterocycles. The molecule has 1 aliphatic heterocycles. The van der Waals surface area contributed by atoms with Crippen molar-refractivity contribution >= 4 is 12.2 Å². The van der Waals surface area contributed by atoms with Crippen LogP contribution >= 0.6 is 0 Å². The van der Waals surface area contributed by atoms with E-state index in [0.29, 0.717) is 42.1 Å². The lowest BCUT2D eigenvalue weighted by Crippen LogP contribution is -2.16. The Morgan fingerprint density at radius 1 is 1.54 bits per heavy atom. The van der Waals surface area contributed by atoms with E-state index in [4.69, 9.17) is 10.5 Å². The van der Waals surface area contributed by atoms with Crippen LogP contribution in [0, 0.1) is 11.8 Å². The van der Waals surface area contributed by atoms with Gasteiger partial charge in [0.25, 0.3) is 5.91 Å². The molecule has 2 aromatic rings. The molecule has 1 amide bonds. The third-order valence-electron chi connectivity index (χ3n) is 3.57. The second kappa shape index (κ2) is 6.18. The van der Waals surface area contributed by atoms with E-state index in [-0.39, 0.29) is 11.4 Å². The minimum atomic E-state index is -0.759. The normalized spacial score (nSPS) is 13.4. The first kappa shape index (κ1) is 15.8. The minimum absolute atomic E-state index is 0.0617. The first-order chi connectivity index (χ1) is 11.5. The molecule has 0 fully saturated rings. The Labute approximate surface area is 138 Å². The summed E-state index contributed by atoms with van der Waals surface area (Å²) in [6.45, 7) is 2.27. The van der Waals surface area contributed by atoms with Gasteiger partial charge in [-0.3, -0.25) is 9.59 Å². The number of carbonyl (C=O) groups is 2. The molecule has 7 heteroatoms. The molecule has 1 aromatic carbocycles. The SMILES string of the molecule is CC(O)C#Cc1ccc2c(c1)-c1nc(C(N)=O)c(C=O)n1CCO2. The fourth-order valence-electron chi connectivity index (χ4n) is 2.54. The summed E-state index contributed by atoms with van der Waals surface area (Å²) >= 11 is 0. The van der Waals surface area contributed by atoms with Gasteiger partial charge >= 0.3 is 0 Å². The van der Waals surface area contributed by atoms with Crippen LogP contribution in [0.4, 0.5) is 0 Å². The highest BCUT2D eigenvalue weighted by Crippen LogP contribution is 2.33. The van der Waals surface area contributed by atoms with Gasteiger partial charge in [0, 0.05) is 5.56 Å². The van der Waals surface area contributed by atoms with Crippen molar-refractivity contribution in [2.45, 2.75) is 19.6 Å². The number of nitrogens with two attached hydrogens (primary N) is 1. The van der Waals surface area contributed by atoms with Crippen molar-refractivity contribution in [1.82, 2.24) is 9.55 Å². The average molecular weight is 325 g/mol. The predicted octanol–water partition coefficient (Wildman–Crippen LogP) is 0.586. The number of aldehydes is 1. The lowest BCUT2D eigenvalue weighted by molar-refractivity contribution is 0.0987. The highest BCUT2D eigenvalue weighted by molar-refractivity contribution is 5.99. The molecule has 3 rings (SSSR count). The zero-order valence-electron chi connectivity index (χ0n) is 12.9. The summed E-state index contributed by atoms with van der Waals surface area (Å²) in [6.07, 6.45) is -0.177. The van der Waals surface area contributed by atoms with Crippen molar-refractivity contribution in [1.29, 1.82) is 0 Å². The molecule has 0 saturated heterocycles. The monoisotopic (exact) mass is 325 g/mol. The molecule has 0 aliphatic carbocycles. The Hall–Kier alpha value is -3.11. The summed E-state index contributed by atoms with van der Waals surface area (Å²) in [5.74, 6) is 5.76. The molecule has 0 radical (unpaired) electrons. The van der Waals surface area contributed by atoms with E-state index in [0.717, 1.165) is 0 Å². The van der Waals surface area contributed by atoms with E-state index in [1.807, 2.05) is 0 Å². The number of hydrogen-bond donors (Lipinski definition) is 2. The number of rotatable bonds is 2. The molecule has 1 aromatic heterocycles. The summed E-state index contributed by atoms with van der Waals surface area (Å²) < 4.78 is 7.30. The predicted molar refractivity (Wildman–Crippen MR) is 85.6 cm³/mol. The molecule has 24 heavy (non-hydrogen) atoms. The van der Waals surface area contributed by atoms with Gasteiger partial charge < -0.3 is 20.1 Å². The number of amides is 1.